The lowest BCUT2D eigenvalue weighted by molar-refractivity contribution is 0.415. The third-order valence-electron chi connectivity index (χ3n) is 3.76. The molecule has 0 saturated carbocycles. The van der Waals surface area contributed by atoms with E-state index in [0.717, 1.165) is 0 Å². The number of halogens is 3. The molecule has 5 nitrogen and oxygen atoms in total. The van der Waals surface area contributed by atoms with Crippen LogP contribution in [0.2, 0.25) is 15.1 Å². The zero-order chi connectivity index (χ0) is 18.8. The lowest BCUT2D eigenvalue weighted by atomic mass is 10.2. The summed E-state index contributed by atoms with van der Waals surface area (Å²) in [7, 11) is 1.53. The van der Waals surface area contributed by atoms with Crippen molar-refractivity contribution in [1.82, 2.24) is 9.78 Å². The fourth-order valence-corrected chi connectivity index (χ4v) is 2.94. The van der Waals surface area contributed by atoms with Crippen molar-refractivity contribution in [3.8, 4) is 11.4 Å². The van der Waals surface area contributed by atoms with Crippen LogP contribution < -0.4 is 10.3 Å². The van der Waals surface area contributed by atoms with Crippen LogP contribution in [0.5, 0.6) is 5.75 Å². The van der Waals surface area contributed by atoms with Gasteiger partial charge in [-0.15, -0.1) is 0 Å². The molecular formula is C18H14Cl3N3O2. The second kappa shape index (κ2) is 7.58. The van der Waals surface area contributed by atoms with Gasteiger partial charge in [-0.05, 0) is 43.3 Å². The molecule has 0 atom stereocenters. The molecule has 3 aromatic rings. The number of methoxy groups -OCH3 is 1. The highest BCUT2D eigenvalue weighted by molar-refractivity contribution is 6.42. The molecule has 0 fully saturated rings. The minimum absolute atomic E-state index is 0.243. The molecule has 2 aromatic carbocycles. The molecule has 0 aliphatic heterocycles. The molecule has 0 saturated heterocycles. The maximum Gasteiger partial charge on any atom is 0.280 e. The van der Waals surface area contributed by atoms with Gasteiger partial charge in [0.1, 0.15) is 5.75 Å². The minimum Gasteiger partial charge on any atom is -0.495 e. The second-order valence-corrected chi connectivity index (χ2v) is 6.69. The molecule has 1 heterocycles. The van der Waals surface area contributed by atoms with Gasteiger partial charge >= 0.3 is 0 Å². The van der Waals surface area contributed by atoms with E-state index in [0.29, 0.717) is 43.4 Å². The number of aromatic nitrogens is 2. The number of benzene rings is 2. The van der Waals surface area contributed by atoms with Gasteiger partial charge in [0, 0.05) is 11.9 Å². The lowest BCUT2D eigenvalue weighted by Gasteiger charge is -2.06. The summed E-state index contributed by atoms with van der Waals surface area (Å²) in [6, 6.07) is 10.1. The topological polar surface area (TPSA) is 59.4 Å². The van der Waals surface area contributed by atoms with Crippen molar-refractivity contribution >= 4 is 46.7 Å². The number of aryl methyl sites for hydroxylation is 1. The van der Waals surface area contributed by atoms with E-state index in [2.05, 4.69) is 10.1 Å². The number of aliphatic imine (C=N–C) groups is 1. The Balaban J connectivity index is 1.98. The number of rotatable bonds is 4. The zero-order valence-corrected chi connectivity index (χ0v) is 16.2. The number of hydrogen-bond acceptors (Lipinski definition) is 3. The highest BCUT2D eigenvalue weighted by Gasteiger charge is 2.12. The maximum absolute atomic E-state index is 12.7. The number of H-pyrrole nitrogens is 1. The number of hydrogen-bond donors (Lipinski definition) is 1. The predicted molar refractivity (Wildman–Crippen MR) is 106 cm³/mol. The smallest absolute Gasteiger partial charge is 0.280 e. The molecule has 0 bridgehead atoms. The summed E-state index contributed by atoms with van der Waals surface area (Å²) in [6.45, 7) is 1.79. The Morgan fingerprint density at radius 3 is 2.50 bits per heavy atom. The number of ether oxygens (including phenoxy) is 1. The Bertz CT molecular complexity index is 1050. The SMILES string of the molecule is COc1ccc(-n2[nH]c(C)c(C=Nc3ccc(Cl)c(Cl)c3)c2=O)cc1Cl. The summed E-state index contributed by atoms with van der Waals surface area (Å²) < 4.78 is 6.53. The van der Waals surface area contributed by atoms with Crippen molar-refractivity contribution in [3.05, 3.63) is 73.1 Å². The van der Waals surface area contributed by atoms with Gasteiger partial charge in [-0.1, -0.05) is 34.8 Å². The average Bonchev–Trinajstić information content (AvgIpc) is 2.90. The van der Waals surface area contributed by atoms with Crippen LogP contribution in [-0.4, -0.2) is 23.1 Å². The lowest BCUT2D eigenvalue weighted by Crippen LogP contribution is -2.17. The van der Waals surface area contributed by atoms with Crippen LogP contribution in [-0.2, 0) is 0 Å². The minimum atomic E-state index is -0.243. The van der Waals surface area contributed by atoms with E-state index in [4.69, 9.17) is 39.5 Å². The molecule has 8 heteroatoms. The van der Waals surface area contributed by atoms with Gasteiger partial charge in [-0.3, -0.25) is 14.9 Å². The quantitative estimate of drug-likeness (QED) is 0.601. The Kier molecular flexibility index (Phi) is 5.41. The molecule has 0 amide bonds. The largest absolute Gasteiger partial charge is 0.495 e. The van der Waals surface area contributed by atoms with Gasteiger partial charge in [-0.25, -0.2) is 4.68 Å². The fourth-order valence-electron chi connectivity index (χ4n) is 2.39. The number of nitrogens with zero attached hydrogens (tertiary/aromatic N) is 2. The van der Waals surface area contributed by atoms with E-state index in [1.165, 1.54) is 18.0 Å². The van der Waals surface area contributed by atoms with Crippen molar-refractivity contribution in [3.63, 3.8) is 0 Å². The fraction of sp³-hybridized carbons (Fsp3) is 0.111. The van der Waals surface area contributed by atoms with Crippen molar-refractivity contribution in [2.24, 2.45) is 4.99 Å². The molecule has 1 aromatic heterocycles. The van der Waals surface area contributed by atoms with Crippen molar-refractivity contribution in [2.45, 2.75) is 6.92 Å². The van der Waals surface area contributed by atoms with Crippen LogP contribution in [0.1, 0.15) is 11.3 Å². The van der Waals surface area contributed by atoms with Crippen LogP contribution in [0.4, 0.5) is 5.69 Å². The van der Waals surface area contributed by atoms with E-state index in [1.807, 2.05) is 0 Å². The molecule has 0 aliphatic carbocycles. The van der Waals surface area contributed by atoms with Crippen LogP contribution in [0.15, 0.2) is 46.2 Å². The Hall–Kier alpha value is -2.21. The Labute approximate surface area is 164 Å². The number of aromatic amines is 1. The van der Waals surface area contributed by atoms with Crippen LogP contribution in [0, 0.1) is 6.92 Å². The molecule has 1 N–H and O–H groups in total. The highest BCUT2D eigenvalue weighted by atomic mass is 35.5. The van der Waals surface area contributed by atoms with E-state index >= 15 is 0 Å². The zero-order valence-electron chi connectivity index (χ0n) is 13.9. The first-order valence-electron chi connectivity index (χ1n) is 7.55. The average molecular weight is 411 g/mol. The molecule has 134 valence electrons. The molecule has 26 heavy (non-hydrogen) atoms. The summed E-state index contributed by atoms with van der Waals surface area (Å²) in [4.78, 5) is 17.0. The summed E-state index contributed by atoms with van der Waals surface area (Å²) in [6.07, 6.45) is 1.50. The number of nitrogens with one attached hydrogen (secondary N) is 1. The molecule has 0 aliphatic rings. The Morgan fingerprint density at radius 1 is 1.08 bits per heavy atom. The van der Waals surface area contributed by atoms with Crippen molar-refractivity contribution in [1.29, 1.82) is 0 Å². The van der Waals surface area contributed by atoms with Gasteiger partial charge < -0.3 is 4.74 Å². The first-order chi connectivity index (χ1) is 12.4. The second-order valence-electron chi connectivity index (χ2n) is 5.47. The van der Waals surface area contributed by atoms with Gasteiger partial charge in [0.2, 0.25) is 0 Å². The van der Waals surface area contributed by atoms with E-state index < -0.39 is 0 Å². The highest BCUT2D eigenvalue weighted by Crippen LogP contribution is 2.27. The summed E-state index contributed by atoms with van der Waals surface area (Å²) >= 11 is 18.0. The van der Waals surface area contributed by atoms with Crippen LogP contribution in [0.25, 0.3) is 5.69 Å². The van der Waals surface area contributed by atoms with Crippen molar-refractivity contribution in [2.75, 3.05) is 7.11 Å². The van der Waals surface area contributed by atoms with Gasteiger partial charge in [-0.2, -0.15) is 0 Å². The predicted octanol–water partition coefficient (Wildman–Crippen LogP) is 5.19. The standard InChI is InChI=1S/C18H14Cl3N3O2/c1-10-13(9-22-11-3-5-14(19)15(20)7-11)18(25)24(23-10)12-4-6-17(26-2)16(21)8-12/h3-9,23H,1-2H3. The van der Waals surface area contributed by atoms with E-state index in [1.54, 1.807) is 43.3 Å². The molecular weight excluding hydrogens is 397 g/mol. The maximum atomic E-state index is 12.7. The first kappa shape index (κ1) is 18.6. The third kappa shape index (κ3) is 3.65. The van der Waals surface area contributed by atoms with Crippen LogP contribution in [0.3, 0.4) is 0 Å². The van der Waals surface area contributed by atoms with E-state index in [-0.39, 0.29) is 5.56 Å². The van der Waals surface area contributed by atoms with E-state index in [9.17, 15) is 4.79 Å². The summed E-state index contributed by atoms with van der Waals surface area (Å²) in [5, 5.41) is 4.28. The monoisotopic (exact) mass is 409 g/mol. The normalized spacial score (nSPS) is 11.3. The van der Waals surface area contributed by atoms with Crippen molar-refractivity contribution < 1.29 is 4.74 Å². The van der Waals surface area contributed by atoms with Crippen LogP contribution >= 0.6 is 34.8 Å². The van der Waals surface area contributed by atoms with Gasteiger partial charge in [0.15, 0.2) is 0 Å². The van der Waals surface area contributed by atoms with Gasteiger partial charge in [0.05, 0.1) is 39.1 Å². The molecule has 0 spiro atoms. The molecule has 3 rings (SSSR count). The third-order valence-corrected chi connectivity index (χ3v) is 4.79. The molecule has 0 radical (unpaired) electrons. The van der Waals surface area contributed by atoms with Gasteiger partial charge in [0.25, 0.3) is 5.56 Å². The summed E-state index contributed by atoms with van der Waals surface area (Å²) in [5.74, 6) is 0.535. The first-order valence-corrected chi connectivity index (χ1v) is 8.68. The summed E-state index contributed by atoms with van der Waals surface area (Å²) in [5.41, 5.74) is 2.05. The Morgan fingerprint density at radius 2 is 1.85 bits per heavy atom. The molecule has 0 unspecified atom stereocenters.